The Kier molecular flexibility index (Phi) is 3.57. The highest BCUT2D eigenvalue weighted by molar-refractivity contribution is 6.30. The SMILES string of the molecule is CNc1ncc(F)c(Oc2ccc(Cl)c(F)c2)n1. The van der Waals surface area contributed by atoms with Crippen molar-refractivity contribution in [3.63, 3.8) is 0 Å². The fourth-order valence-electron chi connectivity index (χ4n) is 1.20. The lowest BCUT2D eigenvalue weighted by Gasteiger charge is -2.07. The molecule has 1 aromatic carbocycles. The van der Waals surface area contributed by atoms with Crippen LogP contribution < -0.4 is 10.1 Å². The van der Waals surface area contributed by atoms with Gasteiger partial charge < -0.3 is 10.1 Å². The molecular weight excluding hydrogens is 264 g/mol. The third kappa shape index (κ3) is 2.65. The van der Waals surface area contributed by atoms with Crippen LogP contribution in [0.5, 0.6) is 11.6 Å². The number of nitrogens with one attached hydrogen (secondary N) is 1. The van der Waals surface area contributed by atoms with Crippen LogP contribution in [0.25, 0.3) is 0 Å². The summed E-state index contributed by atoms with van der Waals surface area (Å²) in [4.78, 5) is 7.42. The predicted octanol–water partition coefficient (Wildman–Crippen LogP) is 3.24. The maximum atomic E-state index is 13.4. The monoisotopic (exact) mass is 271 g/mol. The number of halogens is 3. The topological polar surface area (TPSA) is 47.0 Å². The van der Waals surface area contributed by atoms with Crippen molar-refractivity contribution in [3.05, 3.63) is 41.1 Å². The molecule has 0 aliphatic rings. The van der Waals surface area contributed by atoms with Gasteiger partial charge in [-0.3, -0.25) is 0 Å². The highest BCUT2D eigenvalue weighted by Crippen LogP contribution is 2.26. The first kappa shape index (κ1) is 12.5. The molecule has 0 radical (unpaired) electrons. The van der Waals surface area contributed by atoms with Gasteiger partial charge in [-0.2, -0.15) is 9.37 Å². The first-order valence-corrected chi connectivity index (χ1v) is 5.31. The summed E-state index contributed by atoms with van der Waals surface area (Å²) in [6, 6.07) is 3.76. The van der Waals surface area contributed by atoms with Crippen molar-refractivity contribution in [1.29, 1.82) is 0 Å². The van der Waals surface area contributed by atoms with E-state index in [0.29, 0.717) is 0 Å². The molecule has 1 N–H and O–H groups in total. The van der Waals surface area contributed by atoms with Crippen molar-refractivity contribution < 1.29 is 13.5 Å². The molecule has 0 fully saturated rings. The number of hydrogen-bond donors (Lipinski definition) is 1. The normalized spacial score (nSPS) is 10.2. The number of aromatic nitrogens is 2. The quantitative estimate of drug-likeness (QED) is 0.931. The van der Waals surface area contributed by atoms with E-state index in [1.165, 1.54) is 12.1 Å². The Labute approximate surface area is 107 Å². The van der Waals surface area contributed by atoms with E-state index in [2.05, 4.69) is 15.3 Å². The molecule has 18 heavy (non-hydrogen) atoms. The molecule has 0 aliphatic heterocycles. The van der Waals surface area contributed by atoms with Crippen LogP contribution in [0.15, 0.2) is 24.4 Å². The van der Waals surface area contributed by atoms with E-state index >= 15 is 0 Å². The Morgan fingerprint density at radius 1 is 1.28 bits per heavy atom. The van der Waals surface area contributed by atoms with Crippen LogP contribution in [0.4, 0.5) is 14.7 Å². The van der Waals surface area contributed by atoms with Crippen LogP contribution in [0.3, 0.4) is 0 Å². The van der Waals surface area contributed by atoms with Gasteiger partial charge in [-0.15, -0.1) is 0 Å². The van der Waals surface area contributed by atoms with Crippen molar-refractivity contribution in [2.45, 2.75) is 0 Å². The first-order chi connectivity index (χ1) is 8.60. The summed E-state index contributed by atoms with van der Waals surface area (Å²) in [5.74, 6) is -1.41. The van der Waals surface area contributed by atoms with Crippen molar-refractivity contribution in [1.82, 2.24) is 9.97 Å². The Balaban J connectivity index is 2.30. The van der Waals surface area contributed by atoms with E-state index in [1.54, 1.807) is 7.05 Å². The highest BCUT2D eigenvalue weighted by Gasteiger charge is 2.10. The van der Waals surface area contributed by atoms with Gasteiger partial charge in [-0.25, -0.2) is 9.37 Å². The van der Waals surface area contributed by atoms with Crippen molar-refractivity contribution in [2.75, 3.05) is 12.4 Å². The molecular formula is C11H8ClF2N3O. The molecule has 1 heterocycles. The molecule has 0 aliphatic carbocycles. The zero-order chi connectivity index (χ0) is 13.1. The molecule has 2 aromatic rings. The minimum Gasteiger partial charge on any atom is -0.436 e. The van der Waals surface area contributed by atoms with Crippen LogP contribution in [0.1, 0.15) is 0 Å². The molecule has 1 aromatic heterocycles. The second-order valence-corrected chi connectivity index (χ2v) is 3.68. The Bertz CT molecular complexity index is 580. The summed E-state index contributed by atoms with van der Waals surface area (Å²) < 4.78 is 31.7. The zero-order valence-corrected chi connectivity index (χ0v) is 10.0. The number of rotatable bonds is 3. The number of nitrogens with zero attached hydrogens (tertiary/aromatic N) is 2. The van der Waals surface area contributed by atoms with Crippen LogP contribution >= 0.6 is 11.6 Å². The lowest BCUT2D eigenvalue weighted by atomic mass is 10.3. The highest BCUT2D eigenvalue weighted by atomic mass is 35.5. The number of ether oxygens (including phenoxy) is 1. The molecule has 0 saturated heterocycles. The molecule has 4 nitrogen and oxygen atoms in total. The summed E-state index contributed by atoms with van der Waals surface area (Å²) in [7, 11) is 1.58. The van der Waals surface area contributed by atoms with Crippen LogP contribution in [0, 0.1) is 11.6 Å². The summed E-state index contributed by atoms with van der Waals surface area (Å²) >= 11 is 5.52. The molecule has 2 rings (SSSR count). The smallest absolute Gasteiger partial charge is 0.260 e. The van der Waals surface area contributed by atoms with E-state index in [0.717, 1.165) is 12.3 Å². The standard InChI is InChI=1S/C11H8ClF2N3O/c1-15-11-16-5-9(14)10(17-11)18-6-2-3-7(12)8(13)4-6/h2-5H,1H3,(H,15,16,17). The average Bonchev–Trinajstić information content (AvgIpc) is 2.36. The van der Waals surface area contributed by atoms with E-state index in [9.17, 15) is 8.78 Å². The third-order valence-electron chi connectivity index (χ3n) is 2.04. The largest absolute Gasteiger partial charge is 0.436 e. The van der Waals surface area contributed by atoms with Crippen LogP contribution in [0.2, 0.25) is 5.02 Å². The third-order valence-corrected chi connectivity index (χ3v) is 2.35. The van der Waals surface area contributed by atoms with Gasteiger partial charge in [0.2, 0.25) is 11.8 Å². The van der Waals surface area contributed by atoms with Crippen molar-refractivity contribution >= 4 is 17.5 Å². The molecule has 0 bridgehead atoms. The molecule has 94 valence electrons. The van der Waals surface area contributed by atoms with Gasteiger partial charge in [-0.05, 0) is 12.1 Å². The predicted molar refractivity (Wildman–Crippen MR) is 63.0 cm³/mol. The summed E-state index contributed by atoms with van der Waals surface area (Å²) in [6.07, 6.45) is 0.959. The molecule has 0 atom stereocenters. The van der Waals surface area contributed by atoms with Gasteiger partial charge >= 0.3 is 0 Å². The Morgan fingerprint density at radius 3 is 2.72 bits per heavy atom. The minimum atomic E-state index is -0.746. The summed E-state index contributed by atoms with van der Waals surface area (Å²) in [5.41, 5.74) is 0. The summed E-state index contributed by atoms with van der Waals surface area (Å²) in [5, 5.41) is 2.60. The van der Waals surface area contributed by atoms with Crippen LogP contribution in [-0.2, 0) is 0 Å². The molecule has 0 unspecified atom stereocenters. The fraction of sp³-hybridized carbons (Fsp3) is 0.0909. The van der Waals surface area contributed by atoms with Gasteiger partial charge in [0.25, 0.3) is 5.88 Å². The second-order valence-electron chi connectivity index (χ2n) is 3.27. The van der Waals surface area contributed by atoms with Gasteiger partial charge in [0.05, 0.1) is 11.2 Å². The van der Waals surface area contributed by atoms with Gasteiger partial charge in [-0.1, -0.05) is 11.6 Å². The zero-order valence-electron chi connectivity index (χ0n) is 9.25. The van der Waals surface area contributed by atoms with E-state index in [1.807, 2.05) is 0 Å². The van der Waals surface area contributed by atoms with Crippen LogP contribution in [-0.4, -0.2) is 17.0 Å². The molecule has 0 saturated carbocycles. The van der Waals surface area contributed by atoms with Gasteiger partial charge in [0.15, 0.2) is 0 Å². The van der Waals surface area contributed by atoms with E-state index < -0.39 is 11.6 Å². The Morgan fingerprint density at radius 2 is 2.06 bits per heavy atom. The lowest BCUT2D eigenvalue weighted by Crippen LogP contribution is -2.00. The number of hydrogen-bond acceptors (Lipinski definition) is 4. The first-order valence-electron chi connectivity index (χ1n) is 4.93. The summed E-state index contributed by atoms with van der Waals surface area (Å²) in [6.45, 7) is 0. The van der Waals surface area contributed by atoms with Gasteiger partial charge in [0.1, 0.15) is 11.6 Å². The molecule has 0 amide bonds. The number of anilines is 1. The van der Waals surface area contributed by atoms with Crippen molar-refractivity contribution in [2.24, 2.45) is 0 Å². The fourth-order valence-corrected chi connectivity index (χ4v) is 1.31. The Hall–Kier alpha value is -1.95. The maximum absolute atomic E-state index is 13.4. The molecule has 0 spiro atoms. The second kappa shape index (κ2) is 5.14. The maximum Gasteiger partial charge on any atom is 0.260 e. The van der Waals surface area contributed by atoms with Gasteiger partial charge in [0, 0.05) is 13.1 Å². The average molecular weight is 272 g/mol. The minimum absolute atomic E-state index is 0.0403. The lowest BCUT2D eigenvalue weighted by molar-refractivity contribution is 0.418. The van der Waals surface area contributed by atoms with E-state index in [4.69, 9.17) is 16.3 Å². The van der Waals surface area contributed by atoms with E-state index in [-0.39, 0.29) is 22.6 Å². The molecule has 7 heteroatoms. The number of benzene rings is 1. The van der Waals surface area contributed by atoms with Crippen molar-refractivity contribution in [3.8, 4) is 11.6 Å².